The third-order valence-electron chi connectivity index (χ3n) is 2.86. The SMILES string of the molecule is CC(NCC(O)CC(C)(C)C)c1cccc(F)c1. The Kier molecular flexibility index (Phi) is 5.29. The minimum Gasteiger partial charge on any atom is -0.392 e. The lowest BCUT2D eigenvalue weighted by Crippen LogP contribution is -2.31. The Bertz CT molecular complexity index is 373. The molecule has 0 bridgehead atoms. The van der Waals surface area contributed by atoms with Gasteiger partial charge in [-0.15, -0.1) is 0 Å². The average molecular weight is 253 g/mol. The van der Waals surface area contributed by atoms with Gasteiger partial charge in [0, 0.05) is 12.6 Å². The van der Waals surface area contributed by atoms with Crippen LogP contribution in [0.4, 0.5) is 4.39 Å². The van der Waals surface area contributed by atoms with Crippen LogP contribution in [0.5, 0.6) is 0 Å². The lowest BCUT2D eigenvalue weighted by molar-refractivity contribution is 0.117. The van der Waals surface area contributed by atoms with Crippen LogP contribution in [0.15, 0.2) is 24.3 Å². The third-order valence-corrected chi connectivity index (χ3v) is 2.86. The van der Waals surface area contributed by atoms with Crippen LogP contribution in [-0.2, 0) is 0 Å². The maximum atomic E-state index is 13.1. The zero-order valence-electron chi connectivity index (χ0n) is 11.7. The van der Waals surface area contributed by atoms with Crippen LogP contribution in [-0.4, -0.2) is 17.8 Å². The van der Waals surface area contributed by atoms with Gasteiger partial charge < -0.3 is 10.4 Å². The van der Waals surface area contributed by atoms with Gasteiger partial charge in [-0.2, -0.15) is 0 Å². The van der Waals surface area contributed by atoms with E-state index in [1.807, 2.05) is 13.0 Å². The highest BCUT2D eigenvalue weighted by molar-refractivity contribution is 5.19. The van der Waals surface area contributed by atoms with E-state index < -0.39 is 0 Å². The van der Waals surface area contributed by atoms with E-state index in [0.717, 1.165) is 12.0 Å². The quantitative estimate of drug-likeness (QED) is 0.844. The van der Waals surface area contributed by atoms with Crippen molar-refractivity contribution in [3.8, 4) is 0 Å². The van der Waals surface area contributed by atoms with Gasteiger partial charge in [0.05, 0.1) is 6.10 Å². The molecule has 2 N–H and O–H groups in total. The number of benzene rings is 1. The normalized spacial score (nSPS) is 15.4. The largest absolute Gasteiger partial charge is 0.392 e. The fourth-order valence-corrected chi connectivity index (χ4v) is 1.99. The van der Waals surface area contributed by atoms with Crippen LogP contribution in [0, 0.1) is 11.2 Å². The Morgan fingerprint density at radius 3 is 2.56 bits per heavy atom. The first kappa shape index (κ1) is 15.1. The number of hydrogen-bond donors (Lipinski definition) is 2. The smallest absolute Gasteiger partial charge is 0.123 e. The van der Waals surface area contributed by atoms with Crippen molar-refractivity contribution < 1.29 is 9.50 Å². The molecule has 3 heteroatoms. The van der Waals surface area contributed by atoms with Gasteiger partial charge in [0.2, 0.25) is 0 Å². The van der Waals surface area contributed by atoms with Gasteiger partial charge in [0.1, 0.15) is 5.82 Å². The van der Waals surface area contributed by atoms with E-state index in [0.29, 0.717) is 6.54 Å². The number of rotatable bonds is 5. The van der Waals surface area contributed by atoms with Gasteiger partial charge in [-0.1, -0.05) is 32.9 Å². The summed E-state index contributed by atoms with van der Waals surface area (Å²) in [5.41, 5.74) is 1.02. The van der Waals surface area contributed by atoms with Crippen LogP contribution in [0.2, 0.25) is 0 Å². The van der Waals surface area contributed by atoms with Crippen LogP contribution in [0.3, 0.4) is 0 Å². The van der Waals surface area contributed by atoms with E-state index >= 15 is 0 Å². The summed E-state index contributed by atoms with van der Waals surface area (Å²) in [6.45, 7) is 8.80. The first-order valence-electron chi connectivity index (χ1n) is 6.45. The molecule has 0 saturated carbocycles. The molecule has 2 atom stereocenters. The van der Waals surface area contributed by atoms with E-state index in [-0.39, 0.29) is 23.4 Å². The molecule has 1 aromatic rings. The summed E-state index contributed by atoms with van der Waals surface area (Å²) < 4.78 is 13.1. The molecule has 0 radical (unpaired) electrons. The van der Waals surface area contributed by atoms with Crippen molar-refractivity contribution in [2.75, 3.05) is 6.54 Å². The molecule has 2 nitrogen and oxygen atoms in total. The van der Waals surface area contributed by atoms with Gasteiger partial charge in [-0.05, 0) is 36.5 Å². The van der Waals surface area contributed by atoms with Gasteiger partial charge in [0.25, 0.3) is 0 Å². The number of hydrogen-bond acceptors (Lipinski definition) is 2. The highest BCUT2D eigenvalue weighted by atomic mass is 19.1. The predicted molar refractivity (Wildman–Crippen MR) is 72.9 cm³/mol. The topological polar surface area (TPSA) is 32.3 Å². The average Bonchev–Trinajstić information content (AvgIpc) is 2.23. The minimum atomic E-state index is -0.374. The third kappa shape index (κ3) is 5.61. The molecule has 0 aliphatic rings. The molecule has 1 aromatic carbocycles. The highest BCUT2D eigenvalue weighted by Gasteiger charge is 2.17. The van der Waals surface area contributed by atoms with Crippen molar-refractivity contribution in [1.29, 1.82) is 0 Å². The first-order chi connectivity index (χ1) is 8.28. The summed E-state index contributed by atoms with van der Waals surface area (Å²) in [6.07, 6.45) is 0.372. The predicted octanol–water partition coefficient (Wildman–Crippen LogP) is 3.27. The van der Waals surface area contributed by atoms with Crippen molar-refractivity contribution in [3.63, 3.8) is 0 Å². The molecule has 0 aromatic heterocycles. The molecule has 0 amide bonds. The minimum absolute atomic E-state index is 0.0373. The van der Waals surface area contributed by atoms with Crippen molar-refractivity contribution in [1.82, 2.24) is 5.32 Å². The van der Waals surface area contributed by atoms with Crippen LogP contribution < -0.4 is 5.32 Å². The van der Waals surface area contributed by atoms with Gasteiger partial charge in [0.15, 0.2) is 0 Å². The lowest BCUT2D eigenvalue weighted by atomic mass is 9.89. The molecular formula is C15H24FNO. The second-order valence-corrected chi connectivity index (χ2v) is 6.10. The summed E-state index contributed by atoms with van der Waals surface area (Å²) in [5, 5.41) is 13.1. The number of aliphatic hydroxyl groups excluding tert-OH is 1. The van der Waals surface area contributed by atoms with Crippen molar-refractivity contribution in [2.45, 2.75) is 46.3 Å². The molecule has 0 saturated heterocycles. The van der Waals surface area contributed by atoms with Crippen molar-refractivity contribution in [2.24, 2.45) is 5.41 Å². The first-order valence-corrected chi connectivity index (χ1v) is 6.45. The molecule has 2 unspecified atom stereocenters. The van der Waals surface area contributed by atoms with Crippen molar-refractivity contribution in [3.05, 3.63) is 35.6 Å². The van der Waals surface area contributed by atoms with Gasteiger partial charge in [-0.25, -0.2) is 4.39 Å². The molecule has 18 heavy (non-hydrogen) atoms. The van der Waals surface area contributed by atoms with E-state index in [4.69, 9.17) is 0 Å². The van der Waals surface area contributed by atoms with E-state index in [1.165, 1.54) is 12.1 Å². The maximum absolute atomic E-state index is 13.1. The fraction of sp³-hybridized carbons (Fsp3) is 0.600. The van der Waals surface area contributed by atoms with Crippen LogP contribution in [0.1, 0.15) is 45.7 Å². The molecule has 1 rings (SSSR count). The summed E-state index contributed by atoms with van der Waals surface area (Å²) in [6, 6.07) is 6.58. The molecule has 0 aliphatic carbocycles. The van der Waals surface area contributed by atoms with E-state index in [2.05, 4.69) is 26.1 Å². The molecule has 102 valence electrons. The Labute approximate surface area is 109 Å². The number of halogens is 1. The number of nitrogens with one attached hydrogen (secondary N) is 1. The standard InChI is InChI=1S/C15H24FNO/c1-11(12-6-5-7-13(16)8-12)17-10-14(18)9-15(2,3)4/h5-8,11,14,17-18H,9-10H2,1-4H3. The zero-order chi connectivity index (χ0) is 13.8. The molecule has 0 spiro atoms. The molecule has 0 aliphatic heterocycles. The zero-order valence-corrected chi connectivity index (χ0v) is 11.7. The molecular weight excluding hydrogens is 229 g/mol. The number of aliphatic hydroxyl groups is 1. The Hall–Kier alpha value is -0.930. The highest BCUT2D eigenvalue weighted by Crippen LogP contribution is 2.21. The fourth-order valence-electron chi connectivity index (χ4n) is 1.99. The lowest BCUT2D eigenvalue weighted by Gasteiger charge is -2.24. The van der Waals surface area contributed by atoms with Gasteiger partial charge >= 0.3 is 0 Å². The van der Waals surface area contributed by atoms with Crippen molar-refractivity contribution >= 4 is 0 Å². The molecule has 0 fully saturated rings. The summed E-state index contributed by atoms with van der Waals surface area (Å²) in [7, 11) is 0. The van der Waals surface area contributed by atoms with E-state index in [1.54, 1.807) is 6.07 Å². The second-order valence-electron chi connectivity index (χ2n) is 6.10. The monoisotopic (exact) mass is 253 g/mol. The van der Waals surface area contributed by atoms with Gasteiger partial charge in [-0.3, -0.25) is 0 Å². The summed E-state index contributed by atoms with van der Waals surface area (Å²) >= 11 is 0. The Balaban J connectivity index is 2.44. The van der Waals surface area contributed by atoms with Crippen LogP contribution >= 0.6 is 0 Å². The summed E-state index contributed by atoms with van der Waals surface area (Å²) in [5.74, 6) is -0.226. The Morgan fingerprint density at radius 1 is 1.33 bits per heavy atom. The van der Waals surface area contributed by atoms with Crippen LogP contribution in [0.25, 0.3) is 0 Å². The Morgan fingerprint density at radius 2 is 2.00 bits per heavy atom. The maximum Gasteiger partial charge on any atom is 0.123 e. The molecule has 0 heterocycles. The van der Waals surface area contributed by atoms with E-state index in [9.17, 15) is 9.50 Å². The summed E-state index contributed by atoms with van der Waals surface area (Å²) in [4.78, 5) is 0. The second kappa shape index (κ2) is 6.30.